The summed E-state index contributed by atoms with van der Waals surface area (Å²) in [7, 11) is 0. The Kier molecular flexibility index (Phi) is 3.52. The van der Waals surface area contributed by atoms with E-state index in [0.717, 1.165) is 12.8 Å². The van der Waals surface area contributed by atoms with Crippen molar-refractivity contribution >= 4 is 11.0 Å². The van der Waals surface area contributed by atoms with Gasteiger partial charge in [-0.2, -0.15) is 0 Å². The van der Waals surface area contributed by atoms with Crippen LogP contribution in [0.25, 0.3) is 11.0 Å². The van der Waals surface area contributed by atoms with Crippen LogP contribution in [0.4, 0.5) is 4.39 Å². The van der Waals surface area contributed by atoms with Gasteiger partial charge in [-0.25, -0.2) is 4.39 Å². The molecule has 2 aromatic rings. The van der Waals surface area contributed by atoms with Gasteiger partial charge in [0.2, 0.25) is 0 Å². The van der Waals surface area contributed by atoms with Gasteiger partial charge in [-0.15, -0.1) is 0 Å². The molecule has 1 aliphatic heterocycles. The van der Waals surface area contributed by atoms with Gasteiger partial charge in [-0.1, -0.05) is 13.3 Å². The van der Waals surface area contributed by atoms with Gasteiger partial charge >= 0.3 is 0 Å². The Balaban J connectivity index is 1.92. The molecule has 108 valence electrons. The third-order valence-corrected chi connectivity index (χ3v) is 3.98. The van der Waals surface area contributed by atoms with E-state index in [-0.39, 0.29) is 11.9 Å². The van der Waals surface area contributed by atoms with Crippen molar-refractivity contribution in [3.05, 3.63) is 35.8 Å². The molecule has 2 atom stereocenters. The summed E-state index contributed by atoms with van der Waals surface area (Å²) in [6.07, 6.45) is 3.05. The maximum Gasteiger partial charge on any atom is 0.137 e. The van der Waals surface area contributed by atoms with Crippen LogP contribution < -0.4 is 0 Å². The average Bonchev–Trinajstić information content (AvgIpc) is 2.83. The molecule has 3 nitrogen and oxygen atoms in total. The first-order chi connectivity index (χ1) is 9.60. The van der Waals surface area contributed by atoms with E-state index in [0.29, 0.717) is 36.2 Å². The quantitative estimate of drug-likeness (QED) is 0.930. The third kappa shape index (κ3) is 2.45. The number of furan rings is 1. The minimum atomic E-state index is -1.01. The van der Waals surface area contributed by atoms with Crippen molar-refractivity contribution in [3.8, 4) is 0 Å². The summed E-state index contributed by atoms with van der Waals surface area (Å²) in [4.78, 5) is 0. The summed E-state index contributed by atoms with van der Waals surface area (Å²) in [5.41, 5.74) is -0.401. The standard InChI is InChI=1S/C16H19FO3/c1-2-3-13-10-16(18,6-7-19-13)15-9-11-8-12(17)4-5-14(11)20-15/h4-5,8-9,13,18H,2-3,6-7,10H2,1H3. The minimum Gasteiger partial charge on any atom is -0.458 e. The highest BCUT2D eigenvalue weighted by Crippen LogP contribution is 2.38. The lowest BCUT2D eigenvalue weighted by atomic mass is 9.86. The fourth-order valence-corrected chi connectivity index (χ4v) is 2.91. The lowest BCUT2D eigenvalue weighted by molar-refractivity contribution is -0.118. The van der Waals surface area contributed by atoms with Crippen LogP contribution in [0.3, 0.4) is 0 Å². The Bertz CT molecular complexity index is 605. The molecule has 0 radical (unpaired) electrons. The van der Waals surface area contributed by atoms with Gasteiger partial charge in [0.25, 0.3) is 0 Å². The predicted molar refractivity (Wildman–Crippen MR) is 74.0 cm³/mol. The van der Waals surface area contributed by atoms with Crippen molar-refractivity contribution in [2.24, 2.45) is 0 Å². The Morgan fingerprint density at radius 1 is 1.40 bits per heavy atom. The SMILES string of the molecule is CCCC1CC(O)(c2cc3cc(F)ccc3o2)CCO1. The first-order valence-electron chi connectivity index (χ1n) is 7.14. The highest BCUT2D eigenvalue weighted by molar-refractivity contribution is 5.78. The maximum absolute atomic E-state index is 13.2. The fourth-order valence-electron chi connectivity index (χ4n) is 2.91. The Morgan fingerprint density at radius 2 is 2.25 bits per heavy atom. The fraction of sp³-hybridized carbons (Fsp3) is 0.500. The number of aliphatic hydroxyl groups is 1. The second-order valence-corrected chi connectivity index (χ2v) is 5.56. The average molecular weight is 278 g/mol. The normalized spacial score (nSPS) is 27.1. The topological polar surface area (TPSA) is 42.6 Å². The molecule has 0 amide bonds. The molecule has 0 spiro atoms. The van der Waals surface area contributed by atoms with Crippen LogP contribution in [0, 0.1) is 5.82 Å². The molecule has 4 heteroatoms. The molecule has 3 rings (SSSR count). The summed E-state index contributed by atoms with van der Waals surface area (Å²) in [6, 6.07) is 6.13. The number of hydrogen-bond donors (Lipinski definition) is 1. The van der Waals surface area contributed by atoms with Crippen LogP contribution in [-0.2, 0) is 10.3 Å². The molecule has 1 N–H and O–H groups in total. The molecule has 2 unspecified atom stereocenters. The highest BCUT2D eigenvalue weighted by atomic mass is 19.1. The lowest BCUT2D eigenvalue weighted by Crippen LogP contribution is -2.38. The maximum atomic E-state index is 13.2. The lowest BCUT2D eigenvalue weighted by Gasteiger charge is -2.35. The molecule has 0 saturated carbocycles. The largest absolute Gasteiger partial charge is 0.458 e. The Morgan fingerprint density at radius 3 is 3.05 bits per heavy atom. The van der Waals surface area contributed by atoms with Gasteiger partial charge in [0.05, 0.1) is 12.7 Å². The van der Waals surface area contributed by atoms with Gasteiger partial charge in [-0.05, 0) is 30.7 Å². The van der Waals surface area contributed by atoms with Crippen LogP contribution >= 0.6 is 0 Å². The molecule has 1 aromatic carbocycles. The molecule has 2 heterocycles. The first-order valence-corrected chi connectivity index (χ1v) is 7.14. The van der Waals surface area contributed by atoms with Crippen molar-refractivity contribution < 1.29 is 18.7 Å². The van der Waals surface area contributed by atoms with E-state index in [4.69, 9.17) is 9.15 Å². The molecule has 1 saturated heterocycles. The summed E-state index contributed by atoms with van der Waals surface area (Å²) in [5, 5.41) is 11.5. The van der Waals surface area contributed by atoms with Crippen molar-refractivity contribution in [2.45, 2.75) is 44.3 Å². The van der Waals surface area contributed by atoms with Crippen LogP contribution in [0.5, 0.6) is 0 Å². The van der Waals surface area contributed by atoms with E-state index in [9.17, 15) is 9.50 Å². The first kappa shape index (κ1) is 13.6. The van der Waals surface area contributed by atoms with Gasteiger partial charge in [-0.3, -0.25) is 0 Å². The van der Waals surface area contributed by atoms with Crippen molar-refractivity contribution in [3.63, 3.8) is 0 Å². The molecule has 1 aromatic heterocycles. The Hall–Kier alpha value is -1.39. The minimum absolute atomic E-state index is 0.0590. The van der Waals surface area contributed by atoms with Crippen LogP contribution in [-0.4, -0.2) is 17.8 Å². The molecular formula is C16H19FO3. The van der Waals surface area contributed by atoms with E-state index in [1.54, 1.807) is 12.1 Å². The number of ether oxygens (including phenoxy) is 1. The van der Waals surface area contributed by atoms with Gasteiger partial charge < -0.3 is 14.3 Å². The monoisotopic (exact) mass is 278 g/mol. The molecular weight excluding hydrogens is 259 g/mol. The highest BCUT2D eigenvalue weighted by Gasteiger charge is 2.39. The number of benzene rings is 1. The van der Waals surface area contributed by atoms with Gasteiger partial charge in [0.1, 0.15) is 22.8 Å². The number of rotatable bonds is 3. The zero-order chi connectivity index (χ0) is 14.2. The molecule has 0 bridgehead atoms. The third-order valence-electron chi connectivity index (χ3n) is 3.98. The number of halogens is 1. The zero-order valence-electron chi connectivity index (χ0n) is 11.6. The number of hydrogen-bond acceptors (Lipinski definition) is 3. The Labute approximate surface area is 117 Å². The second kappa shape index (κ2) is 5.19. The zero-order valence-corrected chi connectivity index (χ0v) is 11.6. The van der Waals surface area contributed by atoms with Crippen molar-refractivity contribution in [1.82, 2.24) is 0 Å². The smallest absolute Gasteiger partial charge is 0.137 e. The van der Waals surface area contributed by atoms with Crippen molar-refractivity contribution in [1.29, 1.82) is 0 Å². The van der Waals surface area contributed by atoms with Crippen LogP contribution in [0.1, 0.15) is 38.4 Å². The summed E-state index contributed by atoms with van der Waals surface area (Å²) < 4.78 is 24.6. The summed E-state index contributed by atoms with van der Waals surface area (Å²) in [5.74, 6) is 0.218. The molecule has 1 fully saturated rings. The van der Waals surface area contributed by atoms with Crippen LogP contribution in [0.2, 0.25) is 0 Å². The number of fused-ring (bicyclic) bond motifs is 1. The van der Waals surface area contributed by atoms with E-state index in [2.05, 4.69) is 6.92 Å². The second-order valence-electron chi connectivity index (χ2n) is 5.56. The van der Waals surface area contributed by atoms with E-state index in [1.807, 2.05) is 0 Å². The van der Waals surface area contributed by atoms with Gasteiger partial charge in [0, 0.05) is 18.2 Å². The molecule has 20 heavy (non-hydrogen) atoms. The molecule has 1 aliphatic rings. The van der Waals surface area contributed by atoms with E-state index >= 15 is 0 Å². The van der Waals surface area contributed by atoms with Gasteiger partial charge in [0.15, 0.2) is 0 Å². The summed E-state index contributed by atoms with van der Waals surface area (Å²) in [6.45, 7) is 2.62. The van der Waals surface area contributed by atoms with Crippen molar-refractivity contribution in [2.75, 3.05) is 6.61 Å². The van der Waals surface area contributed by atoms with Crippen LogP contribution in [0.15, 0.2) is 28.7 Å². The van der Waals surface area contributed by atoms with E-state index in [1.165, 1.54) is 12.1 Å². The summed E-state index contributed by atoms with van der Waals surface area (Å²) >= 11 is 0. The molecule has 0 aliphatic carbocycles. The van der Waals surface area contributed by atoms with E-state index < -0.39 is 5.60 Å². The predicted octanol–water partition coefficient (Wildman–Crippen LogP) is 3.74.